The highest BCUT2D eigenvalue weighted by atomic mass is 79.9. The van der Waals surface area contributed by atoms with Gasteiger partial charge in [0.25, 0.3) is 0 Å². The largest absolute Gasteiger partial charge is 0.495 e. The molecule has 19 heavy (non-hydrogen) atoms. The summed E-state index contributed by atoms with van der Waals surface area (Å²) >= 11 is 16.1. The van der Waals surface area contributed by atoms with E-state index in [0.717, 1.165) is 35.0 Å². The number of hydrogen-bond acceptors (Lipinski definition) is 2. The van der Waals surface area contributed by atoms with Crippen molar-refractivity contribution < 1.29 is 9.47 Å². The standard InChI is InChI=1S/C14H17BrCl2O2/c1-18-13-10(6-9(16)7-11(13)15)12(17)8-14(19-2)4-3-5-14/h6-7,12H,3-5,8H2,1-2H3. The molecule has 1 aromatic rings. The number of rotatable bonds is 5. The van der Waals surface area contributed by atoms with E-state index >= 15 is 0 Å². The van der Waals surface area contributed by atoms with Crippen LogP contribution in [-0.2, 0) is 4.74 Å². The van der Waals surface area contributed by atoms with Crippen LogP contribution < -0.4 is 4.74 Å². The fourth-order valence-corrected chi connectivity index (χ4v) is 3.97. The Kier molecular flexibility index (Phi) is 5.04. The van der Waals surface area contributed by atoms with Crippen LogP contribution in [0.15, 0.2) is 16.6 Å². The molecule has 1 aliphatic carbocycles. The molecule has 0 aliphatic heterocycles. The molecule has 2 rings (SSSR count). The highest BCUT2D eigenvalue weighted by molar-refractivity contribution is 9.10. The van der Waals surface area contributed by atoms with Crippen molar-refractivity contribution in [3.05, 3.63) is 27.2 Å². The molecule has 0 radical (unpaired) electrons. The van der Waals surface area contributed by atoms with Gasteiger partial charge in [0.15, 0.2) is 0 Å². The number of ether oxygens (including phenoxy) is 2. The fourth-order valence-electron chi connectivity index (χ4n) is 2.53. The maximum absolute atomic E-state index is 6.57. The highest BCUT2D eigenvalue weighted by Gasteiger charge is 2.39. The second kappa shape index (κ2) is 6.21. The molecule has 0 bridgehead atoms. The van der Waals surface area contributed by atoms with Gasteiger partial charge < -0.3 is 9.47 Å². The minimum absolute atomic E-state index is 0.0772. The van der Waals surface area contributed by atoms with Gasteiger partial charge in [-0.15, -0.1) is 11.6 Å². The lowest BCUT2D eigenvalue weighted by Crippen LogP contribution is -2.39. The molecule has 0 aromatic heterocycles. The zero-order valence-corrected chi connectivity index (χ0v) is 14.1. The van der Waals surface area contributed by atoms with Crippen LogP contribution in [0.5, 0.6) is 5.75 Å². The maximum atomic E-state index is 6.57. The third kappa shape index (κ3) is 3.21. The number of halogens is 3. The summed E-state index contributed by atoms with van der Waals surface area (Å²) in [5, 5.41) is 0.471. The lowest BCUT2D eigenvalue weighted by atomic mass is 9.76. The molecular weight excluding hydrogens is 351 g/mol. The Morgan fingerprint density at radius 2 is 2.05 bits per heavy atom. The van der Waals surface area contributed by atoms with Crippen molar-refractivity contribution >= 4 is 39.1 Å². The summed E-state index contributed by atoms with van der Waals surface area (Å²) in [6, 6.07) is 3.67. The van der Waals surface area contributed by atoms with Crippen LogP contribution in [0, 0.1) is 0 Å². The lowest BCUT2D eigenvalue weighted by Gasteiger charge is -2.42. The van der Waals surface area contributed by atoms with Crippen LogP contribution in [-0.4, -0.2) is 19.8 Å². The lowest BCUT2D eigenvalue weighted by molar-refractivity contribution is -0.0780. The van der Waals surface area contributed by atoms with Gasteiger partial charge in [-0.2, -0.15) is 0 Å². The molecule has 1 aliphatic rings. The van der Waals surface area contributed by atoms with Crippen molar-refractivity contribution in [2.75, 3.05) is 14.2 Å². The number of hydrogen-bond donors (Lipinski definition) is 0. The quantitative estimate of drug-likeness (QED) is 0.653. The second-order valence-corrected chi connectivity index (χ2v) is 6.74. The van der Waals surface area contributed by atoms with Crippen molar-refractivity contribution in [1.82, 2.24) is 0 Å². The predicted molar refractivity (Wildman–Crippen MR) is 82.5 cm³/mol. The molecule has 1 atom stereocenters. The molecule has 1 saturated carbocycles. The first-order valence-corrected chi connectivity index (χ1v) is 7.84. The number of methoxy groups -OCH3 is 2. The summed E-state index contributed by atoms with van der Waals surface area (Å²) in [5.41, 5.74) is 0.832. The van der Waals surface area contributed by atoms with Gasteiger partial charge in [-0.25, -0.2) is 0 Å². The van der Waals surface area contributed by atoms with Gasteiger partial charge >= 0.3 is 0 Å². The molecule has 0 amide bonds. The third-order valence-electron chi connectivity index (χ3n) is 3.83. The Bertz CT molecular complexity index is 455. The van der Waals surface area contributed by atoms with E-state index < -0.39 is 0 Å². The van der Waals surface area contributed by atoms with Crippen molar-refractivity contribution in [3.8, 4) is 5.75 Å². The monoisotopic (exact) mass is 366 g/mol. The van der Waals surface area contributed by atoms with Gasteiger partial charge in [0, 0.05) is 17.7 Å². The summed E-state index contributed by atoms with van der Waals surface area (Å²) in [7, 11) is 3.39. The molecule has 0 heterocycles. The van der Waals surface area contributed by atoms with Crippen LogP contribution in [0.25, 0.3) is 0 Å². The number of alkyl halides is 1. The van der Waals surface area contributed by atoms with E-state index in [9.17, 15) is 0 Å². The summed E-state index contributed by atoms with van der Waals surface area (Å²) in [5.74, 6) is 0.745. The summed E-state index contributed by atoms with van der Waals surface area (Å²) in [6.45, 7) is 0. The Morgan fingerprint density at radius 1 is 1.37 bits per heavy atom. The molecule has 0 N–H and O–H groups in total. The van der Waals surface area contributed by atoms with Crippen molar-refractivity contribution in [2.24, 2.45) is 0 Å². The maximum Gasteiger partial charge on any atom is 0.137 e. The van der Waals surface area contributed by atoms with Crippen molar-refractivity contribution in [1.29, 1.82) is 0 Å². The van der Waals surface area contributed by atoms with E-state index in [-0.39, 0.29) is 11.0 Å². The molecule has 0 saturated heterocycles. The van der Waals surface area contributed by atoms with E-state index in [1.54, 1.807) is 14.2 Å². The van der Waals surface area contributed by atoms with E-state index in [2.05, 4.69) is 15.9 Å². The molecule has 1 fully saturated rings. The topological polar surface area (TPSA) is 18.5 Å². The Labute approximate surface area is 132 Å². The average molecular weight is 368 g/mol. The normalized spacial score (nSPS) is 18.8. The first kappa shape index (κ1) is 15.4. The summed E-state index contributed by atoms with van der Waals surface area (Å²) < 4.78 is 11.9. The van der Waals surface area contributed by atoms with E-state index in [4.69, 9.17) is 32.7 Å². The zero-order valence-electron chi connectivity index (χ0n) is 11.0. The average Bonchev–Trinajstić information content (AvgIpc) is 2.32. The van der Waals surface area contributed by atoms with Gasteiger partial charge in [0.1, 0.15) is 5.75 Å². The molecule has 1 aromatic carbocycles. The summed E-state index contributed by atoms with van der Waals surface area (Å²) in [6.07, 6.45) is 4.11. The van der Waals surface area contributed by atoms with E-state index in [0.29, 0.717) is 5.02 Å². The molecular formula is C14H17BrCl2O2. The Morgan fingerprint density at radius 3 is 2.53 bits per heavy atom. The molecule has 2 nitrogen and oxygen atoms in total. The second-order valence-electron chi connectivity index (χ2n) is 4.92. The van der Waals surface area contributed by atoms with Gasteiger partial charge in [0.05, 0.1) is 22.6 Å². The first-order chi connectivity index (χ1) is 9.01. The fraction of sp³-hybridized carbons (Fsp3) is 0.571. The number of benzene rings is 1. The predicted octanol–water partition coefficient (Wildman–Crippen LogP) is 5.35. The smallest absolute Gasteiger partial charge is 0.137 e. The van der Waals surface area contributed by atoms with E-state index in [1.165, 1.54) is 6.42 Å². The van der Waals surface area contributed by atoms with E-state index in [1.807, 2.05) is 12.1 Å². The van der Waals surface area contributed by atoms with Crippen LogP contribution in [0.4, 0.5) is 0 Å². The summed E-state index contributed by atoms with van der Waals surface area (Å²) in [4.78, 5) is 0. The Hall–Kier alpha value is 0.0400. The SMILES string of the molecule is COc1c(Br)cc(Cl)cc1C(Cl)CC1(OC)CCC1. The minimum atomic E-state index is -0.176. The van der Waals surface area contributed by atoms with Gasteiger partial charge in [0.2, 0.25) is 0 Å². The van der Waals surface area contributed by atoms with Crippen LogP contribution in [0.3, 0.4) is 0 Å². The minimum Gasteiger partial charge on any atom is -0.495 e. The van der Waals surface area contributed by atoms with Gasteiger partial charge in [-0.1, -0.05) is 11.6 Å². The van der Waals surface area contributed by atoms with Crippen molar-refractivity contribution in [3.63, 3.8) is 0 Å². The van der Waals surface area contributed by atoms with Gasteiger partial charge in [-0.05, 0) is 53.7 Å². The van der Waals surface area contributed by atoms with Crippen LogP contribution >= 0.6 is 39.1 Å². The first-order valence-electron chi connectivity index (χ1n) is 6.23. The van der Waals surface area contributed by atoms with Crippen molar-refractivity contribution in [2.45, 2.75) is 36.7 Å². The Balaban J connectivity index is 2.25. The van der Waals surface area contributed by atoms with Gasteiger partial charge in [-0.3, -0.25) is 0 Å². The van der Waals surface area contributed by atoms with Crippen LogP contribution in [0.2, 0.25) is 5.02 Å². The highest BCUT2D eigenvalue weighted by Crippen LogP contribution is 2.47. The molecule has 106 valence electrons. The molecule has 1 unspecified atom stereocenters. The zero-order chi connectivity index (χ0) is 14.0. The van der Waals surface area contributed by atoms with Crippen LogP contribution in [0.1, 0.15) is 36.6 Å². The third-order valence-corrected chi connectivity index (χ3v) is 5.02. The molecule has 0 spiro atoms. The molecule has 5 heteroatoms.